The van der Waals surface area contributed by atoms with E-state index in [1.54, 1.807) is 0 Å². The van der Waals surface area contributed by atoms with Crippen molar-refractivity contribution in [2.75, 3.05) is 0 Å². The maximum absolute atomic E-state index is 12.3. The zero-order valence-electron chi connectivity index (χ0n) is 18.6. The van der Waals surface area contributed by atoms with Gasteiger partial charge in [0.1, 0.15) is 17.6 Å². The van der Waals surface area contributed by atoms with Gasteiger partial charge in [0.05, 0.1) is 0 Å². The maximum atomic E-state index is 12.3. The van der Waals surface area contributed by atoms with Gasteiger partial charge in [-0.1, -0.05) is 30.3 Å². The van der Waals surface area contributed by atoms with Crippen molar-refractivity contribution in [2.45, 2.75) is 58.9 Å². The van der Waals surface area contributed by atoms with Crippen molar-refractivity contribution in [1.82, 2.24) is 10.3 Å². The molecule has 1 aromatic heterocycles. The Bertz CT molecular complexity index is 1150. The molecule has 31 heavy (non-hydrogen) atoms. The van der Waals surface area contributed by atoms with Gasteiger partial charge in [-0.2, -0.15) is 0 Å². The van der Waals surface area contributed by atoms with E-state index in [0.717, 1.165) is 46.5 Å². The fraction of sp³-hybridized carbons (Fsp3) is 0.346. The van der Waals surface area contributed by atoms with E-state index in [-0.39, 0.29) is 17.7 Å². The van der Waals surface area contributed by atoms with E-state index in [1.165, 1.54) is 5.56 Å². The topological polar surface area (TPSA) is 74.3 Å². The molecule has 5 nitrogen and oxygen atoms in total. The fourth-order valence-electron chi connectivity index (χ4n) is 4.34. The van der Waals surface area contributed by atoms with Crippen LogP contribution in [-0.2, 0) is 19.4 Å². The summed E-state index contributed by atoms with van der Waals surface area (Å²) in [6, 6.07) is 16.2. The standard InChI is InChI=1S/C26H30N2O3/c1-16-10-17(2)28-25(30)22(16)15-27-24(29)20-12-19(11-18-8-6-5-7-9-18)23-21(13-20)14-26(3,4)31-23/h5-10,12-13,24,27,29H,11,14-15H2,1-4H3,(H,28,30). The van der Waals surface area contributed by atoms with Gasteiger partial charge in [0.15, 0.2) is 0 Å². The summed E-state index contributed by atoms with van der Waals surface area (Å²) in [5.74, 6) is 0.927. The third kappa shape index (κ3) is 4.73. The van der Waals surface area contributed by atoms with Crippen molar-refractivity contribution in [3.8, 4) is 5.75 Å². The minimum atomic E-state index is -0.886. The van der Waals surface area contributed by atoms with E-state index in [2.05, 4.69) is 36.3 Å². The maximum Gasteiger partial charge on any atom is 0.252 e. The van der Waals surface area contributed by atoms with Crippen molar-refractivity contribution in [1.29, 1.82) is 0 Å². The Hall–Kier alpha value is -2.89. The number of aliphatic hydroxyl groups is 1. The van der Waals surface area contributed by atoms with Crippen LogP contribution in [-0.4, -0.2) is 15.7 Å². The van der Waals surface area contributed by atoms with E-state index < -0.39 is 6.23 Å². The van der Waals surface area contributed by atoms with Crippen molar-refractivity contribution in [3.05, 3.63) is 98.0 Å². The highest BCUT2D eigenvalue weighted by Gasteiger charge is 2.32. The first kappa shape index (κ1) is 21.3. The predicted octanol–water partition coefficient (Wildman–Crippen LogP) is 4.08. The van der Waals surface area contributed by atoms with Crippen LogP contribution in [0.25, 0.3) is 0 Å². The van der Waals surface area contributed by atoms with Crippen molar-refractivity contribution < 1.29 is 9.84 Å². The molecule has 1 atom stereocenters. The van der Waals surface area contributed by atoms with E-state index >= 15 is 0 Å². The molecule has 0 radical (unpaired) electrons. The molecule has 0 saturated heterocycles. The lowest BCUT2D eigenvalue weighted by atomic mass is 9.95. The molecule has 0 spiro atoms. The highest BCUT2D eigenvalue weighted by molar-refractivity contribution is 5.50. The van der Waals surface area contributed by atoms with Crippen molar-refractivity contribution in [2.24, 2.45) is 0 Å². The summed E-state index contributed by atoms with van der Waals surface area (Å²) in [7, 11) is 0. The average molecular weight is 419 g/mol. The number of aliphatic hydroxyl groups excluding tert-OH is 1. The number of rotatable bonds is 6. The third-order valence-electron chi connectivity index (χ3n) is 5.78. The normalized spacial score (nSPS) is 15.4. The summed E-state index contributed by atoms with van der Waals surface area (Å²) in [4.78, 5) is 15.1. The number of nitrogens with one attached hydrogen (secondary N) is 2. The van der Waals surface area contributed by atoms with Crippen LogP contribution >= 0.6 is 0 Å². The number of pyridine rings is 1. The fourth-order valence-corrected chi connectivity index (χ4v) is 4.34. The minimum absolute atomic E-state index is 0.119. The van der Waals surface area contributed by atoms with Gasteiger partial charge in [-0.15, -0.1) is 0 Å². The minimum Gasteiger partial charge on any atom is -0.487 e. The van der Waals surface area contributed by atoms with Gasteiger partial charge in [0, 0.05) is 30.6 Å². The number of benzene rings is 2. The number of aromatic nitrogens is 1. The molecule has 0 saturated carbocycles. The highest BCUT2D eigenvalue weighted by Crippen LogP contribution is 2.40. The molecule has 4 rings (SSSR count). The second-order valence-electron chi connectivity index (χ2n) is 9.10. The molecular weight excluding hydrogens is 388 g/mol. The number of aryl methyl sites for hydroxylation is 2. The second kappa shape index (κ2) is 8.33. The van der Waals surface area contributed by atoms with Gasteiger partial charge in [-0.3, -0.25) is 10.1 Å². The van der Waals surface area contributed by atoms with Gasteiger partial charge < -0.3 is 14.8 Å². The number of ether oxygens (including phenoxy) is 1. The molecule has 1 unspecified atom stereocenters. The zero-order valence-corrected chi connectivity index (χ0v) is 18.6. The van der Waals surface area contributed by atoms with E-state index in [1.807, 2.05) is 50.2 Å². The summed E-state index contributed by atoms with van der Waals surface area (Å²) >= 11 is 0. The lowest BCUT2D eigenvalue weighted by Crippen LogP contribution is -2.26. The number of fused-ring (bicyclic) bond motifs is 1. The van der Waals surface area contributed by atoms with Crippen molar-refractivity contribution >= 4 is 0 Å². The highest BCUT2D eigenvalue weighted by atomic mass is 16.5. The Labute approximate surface area is 183 Å². The van der Waals surface area contributed by atoms with Gasteiger partial charge in [-0.05, 0) is 73.7 Å². The lowest BCUT2D eigenvalue weighted by Gasteiger charge is -2.19. The molecule has 0 fully saturated rings. The predicted molar refractivity (Wildman–Crippen MR) is 122 cm³/mol. The molecule has 2 heterocycles. The number of H-pyrrole nitrogens is 1. The Morgan fingerprint density at radius 1 is 1.16 bits per heavy atom. The van der Waals surface area contributed by atoms with E-state index in [0.29, 0.717) is 5.56 Å². The molecule has 3 N–H and O–H groups in total. The van der Waals surface area contributed by atoms with Crippen LogP contribution in [0.2, 0.25) is 0 Å². The summed E-state index contributed by atoms with van der Waals surface area (Å²) in [5, 5.41) is 14.0. The summed E-state index contributed by atoms with van der Waals surface area (Å²) < 4.78 is 6.26. The van der Waals surface area contributed by atoms with Crippen molar-refractivity contribution in [3.63, 3.8) is 0 Å². The average Bonchev–Trinajstić information content (AvgIpc) is 3.02. The lowest BCUT2D eigenvalue weighted by molar-refractivity contribution is 0.136. The number of hydrogen-bond donors (Lipinski definition) is 3. The quantitative estimate of drug-likeness (QED) is 0.528. The second-order valence-corrected chi connectivity index (χ2v) is 9.10. The molecule has 5 heteroatoms. The Morgan fingerprint density at radius 2 is 1.90 bits per heavy atom. The van der Waals surface area contributed by atoms with E-state index in [4.69, 9.17) is 4.74 Å². The van der Waals surface area contributed by atoms with E-state index in [9.17, 15) is 9.90 Å². The summed E-state index contributed by atoms with van der Waals surface area (Å²) in [6.07, 6.45) is 0.640. The van der Waals surface area contributed by atoms with Crippen LogP contribution in [0.4, 0.5) is 0 Å². The van der Waals surface area contributed by atoms with Crippen LogP contribution in [0.1, 0.15) is 59.2 Å². The first-order chi connectivity index (χ1) is 14.7. The van der Waals surface area contributed by atoms with Crippen LogP contribution in [0.5, 0.6) is 5.75 Å². The van der Waals surface area contributed by atoms with Crippen LogP contribution < -0.4 is 15.6 Å². The first-order valence-corrected chi connectivity index (χ1v) is 10.7. The monoisotopic (exact) mass is 418 g/mol. The molecule has 0 aliphatic carbocycles. The number of hydrogen-bond acceptors (Lipinski definition) is 4. The Kier molecular flexibility index (Phi) is 5.73. The molecule has 0 bridgehead atoms. The summed E-state index contributed by atoms with van der Waals surface area (Å²) in [5.41, 5.74) is 6.15. The number of aromatic amines is 1. The molecule has 3 aromatic rings. The van der Waals surface area contributed by atoms with Gasteiger partial charge in [-0.25, -0.2) is 0 Å². The molecule has 2 aromatic carbocycles. The van der Waals surface area contributed by atoms with Gasteiger partial charge in [0.2, 0.25) is 0 Å². The largest absolute Gasteiger partial charge is 0.487 e. The third-order valence-corrected chi connectivity index (χ3v) is 5.78. The van der Waals surface area contributed by atoms with Gasteiger partial charge >= 0.3 is 0 Å². The zero-order chi connectivity index (χ0) is 22.2. The smallest absolute Gasteiger partial charge is 0.252 e. The molecule has 0 amide bonds. The first-order valence-electron chi connectivity index (χ1n) is 10.7. The van der Waals surface area contributed by atoms with Crippen LogP contribution in [0.3, 0.4) is 0 Å². The SMILES string of the molecule is Cc1cc(C)c(CNC(O)c2cc(Cc3ccccc3)c3c(c2)CC(C)(C)O3)c(=O)[nH]1. The van der Waals surface area contributed by atoms with Crippen LogP contribution in [0.15, 0.2) is 53.3 Å². The Morgan fingerprint density at radius 3 is 2.61 bits per heavy atom. The van der Waals surface area contributed by atoms with Crippen LogP contribution in [0, 0.1) is 13.8 Å². The molecule has 1 aliphatic heterocycles. The molecule has 162 valence electrons. The Balaban J connectivity index is 1.61. The molecular formula is C26H30N2O3. The van der Waals surface area contributed by atoms with Gasteiger partial charge in [0.25, 0.3) is 5.56 Å². The molecule has 1 aliphatic rings. The summed E-state index contributed by atoms with van der Waals surface area (Å²) in [6.45, 7) is 8.23.